The first-order valence-electron chi connectivity index (χ1n) is 6.96. The molecule has 0 atom stereocenters. The van der Waals surface area contributed by atoms with Crippen LogP contribution in [0.1, 0.15) is 38.2 Å². The molecule has 0 aliphatic heterocycles. The van der Waals surface area contributed by atoms with E-state index in [0.29, 0.717) is 0 Å². The molecular weight excluding hydrogens is 288 g/mol. The molecular formula is C15H23BrN2. The van der Waals surface area contributed by atoms with E-state index in [9.17, 15) is 0 Å². The number of nitrogens with zero attached hydrogens (tertiary/aromatic N) is 1. The molecule has 2 nitrogen and oxygen atoms in total. The summed E-state index contributed by atoms with van der Waals surface area (Å²) in [7, 11) is 2.01. The molecule has 1 N–H and O–H groups in total. The van der Waals surface area contributed by atoms with E-state index >= 15 is 0 Å². The first kappa shape index (κ1) is 13.9. The SMILES string of the molecule is CCCCN(c1ccc(Br)cc1CNC)C1CC1. The van der Waals surface area contributed by atoms with Gasteiger partial charge in [0, 0.05) is 29.3 Å². The van der Waals surface area contributed by atoms with Gasteiger partial charge in [-0.25, -0.2) is 0 Å². The summed E-state index contributed by atoms with van der Waals surface area (Å²) in [5.41, 5.74) is 2.82. The molecule has 3 heteroatoms. The standard InChI is InChI=1S/C15H23BrN2/c1-3-4-9-18(14-6-7-14)15-8-5-13(16)10-12(15)11-17-2/h5,8,10,14,17H,3-4,6-7,9,11H2,1-2H3. The molecule has 0 aromatic heterocycles. The molecule has 0 unspecified atom stereocenters. The highest BCUT2D eigenvalue weighted by atomic mass is 79.9. The molecule has 1 saturated carbocycles. The zero-order chi connectivity index (χ0) is 13.0. The fourth-order valence-electron chi connectivity index (χ4n) is 2.38. The van der Waals surface area contributed by atoms with Crippen LogP contribution < -0.4 is 10.2 Å². The second-order valence-corrected chi connectivity index (χ2v) is 6.00. The average molecular weight is 311 g/mol. The lowest BCUT2D eigenvalue weighted by atomic mass is 10.1. The van der Waals surface area contributed by atoms with Gasteiger partial charge in [-0.2, -0.15) is 0 Å². The largest absolute Gasteiger partial charge is 0.368 e. The number of benzene rings is 1. The molecule has 1 aromatic carbocycles. The lowest BCUT2D eigenvalue weighted by Gasteiger charge is -2.27. The number of rotatable bonds is 7. The van der Waals surface area contributed by atoms with Crippen LogP contribution in [0.25, 0.3) is 0 Å². The Morgan fingerprint density at radius 2 is 2.17 bits per heavy atom. The second kappa shape index (κ2) is 6.58. The Morgan fingerprint density at radius 1 is 1.39 bits per heavy atom. The lowest BCUT2D eigenvalue weighted by Crippen LogP contribution is -2.28. The molecule has 18 heavy (non-hydrogen) atoms. The van der Waals surface area contributed by atoms with Gasteiger partial charge in [0.1, 0.15) is 0 Å². The van der Waals surface area contributed by atoms with Crippen LogP contribution in [-0.2, 0) is 6.54 Å². The number of anilines is 1. The van der Waals surface area contributed by atoms with Gasteiger partial charge in [-0.15, -0.1) is 0 Å². The Labute approximate surface area is 119 Å². The monoisotopic (exact) mass is 310 g/mol. The predicted molar refractivity (Wildman–Crippen MR) is 82.2 cm³/mol. The van der Waals surface area contributed by atoms with Gasteiger partial charge in [-0.1, -0.05) is 29.3 Å². The highest BCUT2D eigenvalue weighted by molar-refractivity contribution is 9.10. The van der Waals surface area contributed by atoms with Gasteiger partial charge in [0.2, 0.25) is 0 Å². The molecule has 0 amide bonds. The first-order chi connectivity index (χ1) is 8.76. The molecule has 0 heterocycles. The summed E-state index contributed by atoms with van der Waals surface area (Å²) in [5.74, 6) is 0. The fraction of sp³-hybridized carbons (Fsp3) is 0.600. The van der Waals surface area contributed by atoms with Gasteiger partial charge in [-0.05, 0) is 50.1 Å². The van der Waals surface area contributed by atoms with Crippen LogP contribution in [0, 0.1) is 0 Å². The van der Waals surface area contributed by atoms with E-state index in [2.05, 4.69) is 51.3 Å². The van der Waals surface area contributed by atoms with Crippen LogP contribution in [0.15, 0.2) is 22.7 Å². The van der Waals surface area contributed by atoms with Gasteiger partial charge in [0.25, 0.3) is 0 Å². The van der Waals surface area contributed by atoms with Crippen LogP contribution in [0.5, 0.6) is 0 Å². The Morgan fingerprint density at radius 3 is 2.78 bits per heavy atom. The third-order valence-corrected chi connectivity index (χ3v) is 3.95. The van der Waals surface area contributed by atoms with E-state index in [1.807, 2.05) is 7.05 Å². The first-order valence-corrected chi connectivity index (χ1v) is 7.75. The van der Waals surface area contributed by atoms with E-state index in [-0.39, 0.29) is 0 Å². The number of hydrogen-bond donors (Lipinski definition) is 1. The molecule has 0 saturated heterocycles. The smallest absolute Gasteiger partial charge is 0.0415 e. The minimum atomic E-state index is 0.785. The van der Waals surface area contributed by atoms with E-state index < -0.39 is 0 Å². The molecule has 1 fully saturated rings. The molecule has 0 bridgehead atoms. The Bertz CT molecular complexity index is 388. The summed E-state index contributed by atoms with van der Waals surface area (Å²) < 4.78 is 1.17. The third-order valence-electron chi connectivity index (χ3n) is 3.46. The quantitative estimate of drug-likeness (QED) is 0.820. The Balaban J connectivity index is 2.21. The van der Waals surface area contributed by atoms with E-state index in [4.69, 9.17) is 0 Å². The number of unbranched alkanes of at least 4 members (excludes halogenated alkanes) is 1. The highest BCUT2D eigenvalue weighted by Crippen LogP contribution is 2.35. The zero-order valence-corrected chi connectivity index (χ0v) is 13.0. The van der Waals surface area contributed by atoms with Crippen molar-refractivity contribution in [3.8, 4) is 0 Å². The number of hydrogen-bond acceptors (Lipinski definition) is 2. The molecule has 100 valence electrons. The number of nitrogens with one attached hydrogen (secondary N) is 1. The van der Waals surface area contributed by atoms with Crippen molar-refractivity contribution in [2.24, 2.45) is 0 Å². The summed E-state index contributed by atoms with van der Waals surface area (Å²) in [6.07, 6.45) is 5.27. The summed E-state index contributed by atoms with van der Waals surface area (Å²) in [5, 5.41) is 3.27. The molecule has 1 aliphatic rings. The van der Waals surface area contributed by atoms with Crippen molar-refractivity contribution in [3.05, 3.63) is 28.2 Å². The van der Waals surface area contributed by atoms with Crippen LogP contribution in [0.4, 0.5) is 5.69 Å². The summed E-state index contributed by atoms with van der Waals surface area (Å²) in [4.78, 5) is 2.61. The van der Waals surface area contributed by atoms with Gasteiger partial charge in [-0.3, -0.25) is 0 Å². The Kier molecular flexibility index (Phi) is 5.07. The fourth-order valence-corrected chi connectivity index (χ4v) is 2.79. The maximum absolute atomic E-state index is 3.57. The molecule has 2 rings (SSSR count). The molecule has 0 radical (unpaired) electrons. The summed E-state index contributed by atoms with van der Waals surface area (Å²) in [6, 6.07) is 7.46. The second-order valence-electron chi connectivity index (χ2n) is 5.08. The predicted octanol–water partition coefficient (Wildman–Crippen LogP) is 3.94. The van der Waals surface area contributed by atoms with E-state index in [0.717, 1.165) is 12.6 Å². The molecule has 1 aliphatic carbocycles. The lowest BCUT2D eigenvalue weighted by molar-refractivity contribution is 0.704. The number of halogens is 1. The molecule has 0 spiro atoms. The van der Waals surface area contributed by atoms with Crippen molar-refractivity contribution < 1.29 is 0 Å². The van der Waals surface area contributed by atoms with Gasteiger partial charge in [0.15, 0.2) is 0 Å². The van der Waals surface area contributed by atoms with Gasteiger partial charge < -0.3 is 10.2 Å². The van der Waals surface area contributed by atoms with Crippen molar-refractivity contribution in [1.82, 2.24) is 5.32 Å². The maximum Gasteiger partial charge on any atom is 0.0415 e. The van der Waals surface area contributed by atoms with Crippen molar-refractivity contribution in [2.45, 2.75) is 45.2 Å². The summed E-state index contributed by atoms with van der Waals surface area (Å²) >= 11 is 3.57. The minimum Gasteiger partial charge on any atom is -0.368 e. The normalized spacial score (nSPS) is 14.8. The van der Waals surface area contributed by atoms with Crippen LogP contribution in [0.2, 0.25) is 0 Å². The minimum absolute atomic E-state index is 0.785. The van der Waals surface area contributed by atoms with Crippen LogP contribution >= 0.6 is 15.9 Å². The van der Waals surface area contributed by atoms with Crippen LogP contribution in [-0.4, -0.2) is 19.6 Å². The zero-order valence-electron chi connectivity index (χ0n) is 11.4. The van der Waals surface area contributed by atoms with Gasteiger partial charge >= 0.3 is 0 Å². The molecule has 1 aromatic rings. The van der Waals surface area contributed by atoms with E-state index in [1.54, 1.807) is 0 Å². The average Bonchev–Trinajstić information content (AvgIpc) is 3.17. The van der Waals surface area contributed by atoms with Crippen molar-refractivity contribution >= 4 is 21.6 Å². The topological polar surface area (TPSA) is 15.3 Å². The van der Waals surface area contributed by atoms with E-state index in [1.165, 1.54) is 48.0 Å². The van der Waals surface area contributed by atoms with Crippen LogP contribution in [0.3, 0.4) is 0 Å². The highest BCUT2D eigenvalue weighted by Gasteiger charge is 2.29. The maximum atomic E-state index is 3.57. The van der Waals surface area contributed by atoms with Gasteiger partial charge in [0.05, 0.1) is 0 Å². The third kappa shape index (κ3) is 3.48. The van der Waals surface area contributed by atoms with Crippen molar-refractivity contribution in [3.63, 3.8) is 0 Å². The summed E-state index contributed by atoms with van der Waals surface area (Å²) in [6.45, 7) is 4.39. The Hall–Kier alpha value is -0.540. The van der Waals surface area contributed by atoms with Crippen molar-refractivity contribution in [1.29, 1.82) is 0 Å². The van der Waals surface area contributed by atoms with Crippen molar-refractivity contribution in [2.75, 3.05) is 18.5 Å².